The van der Waals surface area contributed by atoms with Gasteiger partial charge in [0.2, 0.25) is 15.9 Å². The van der Waals surface area contributed by atoms with Gasteiger partial charge in [-0.05, 0) is 43.5 Å². The Kier molecular flexibility index (Phi) is 9.66. The number of amides is 1. The summed E-state index contributed by atoms with van der Waals surface area (Å²) in [5, 5.41) is 2.96. The van der Waals surface area contributed by atoms with Crippen molar-refractivity contribution in [1.29, 1.82) is 0 Å². The number of carbonyl (C=O) groups is 1. The molecule has 6 nitrogen and oxygen atoms in total. The third-order valence-corrected chi connectivity index (χ3v) is 6.62. The molecular formula is C18H29ClFN3O3S. The van der Waals surface area contributed by atoms with Crippen LogP contribution < -0.4 is 11.1 Å². The summed E-state index contributed by atoms with van der Waals surface area (Å²) in [7, 11) is -3.73. The molecule has 0 bridgehead atoms. The lowest BCUT2D eigenvalue weighted by molar-refractivity contribution is -0.126. The van der Waals surface area contributed by atoms with Crippen LogP contribution in [-0.2, 0) is 14.8 Å². The monoisotopic (exact) mass is 421 g/mol. The lowest BCUT2D eigenvalue weighted by atomic mass is 9.98. The summed E-state index contributed by atoms with van der Waals surface area (Å²) in [5.41, 5.74) is 5.72. The molecule has 0 saturated carbocycles. The number of hydrogen-bond donors (Lipinski definition) is 2. The van der Waals surface area contributed by atoms with Gasteiger partial charge in [0.25, 0.3) is 0 Å². The van der Waals surface area contributed by atoms with Crippen LogP contribution in [0.4, 0.5) is 4.39 Å². The maximum Gasteiger partial charge on any atom is 0.243 e. The van der Waals surface area contributed by atoms with E-state index in [-0.39, 0.29) is 35.8 Å². The number of benzene rings is 1. The van der Waals surface area contributed by atoms with Crippen molar-refractivity contribution >= 4 is 28.3 Å². The largest absolute Gasteiger partial charge is 0.352 e. The second kappa shape index (κ2) is 10.9. The molecule has 3 N–H and O–H groups in total. The van der Waals surface area contributed by atoms with Crippen LogP contribution in [0.1, 0.15) is 39.0 Å². The molecule has 1 fully saturated rings. The van der Waals surface area contributed by atoms with E-state index >= 15 is 0 Å². The molecule has 1 heterocycles. The summed E-state index contributed by atoms with van der Waals surface area (Å²) in [4.78, 5) is 12.6. The maximum absolute atomic E-state index is 13.1. The van der Waals surface area contributed by atoms with E-state index in [1.54, 1.807) is 0 Å². The van der Waals surface area contributed by atoms with Crippen molar-refractivity contribution in [3.8, 4) is 0 Å². The van der Waals surface area contributed by atoms with Crippen LogP contribution in [-0.4, -0.2) is 44.3 Å². The van der Waals surface area contributed by atoms with Gasteiger partial charge in [-0.2, -0.15) is 4.31 Å². The molecule has 0 aliphatic carbocycles. The average Bonchev–Trinajstić information content (AvgIpc) is 2.65. The normalized spacial score (nSPS) is 19.1. The van der Waals surface area contributed by atoms with Crippen molar-refractivity contribution in [3.05, 3.63) is 30.1 Å². The molecule has 1 saturated heterocycles. The fourth-order valence-corrected chi connectivity index (χ4v) is 4.67. The topological polar surface area (TPSA) is 92.5 Å². The van der Waals surface area contributed by atoms with E-state index in [0.717, 1.165) is 31.4 Å². The molecule has 0 spiro atoms. The SMILES string of the molecule is CCCCC(CN)NC(=O)C1CCCN(S(=O)(=O)c2ccc(F)cc2)C1.Cl. The Balaban J connectivity index is 0.00000364. The molecule has 1 aromatic rings. The number of carbonyl (C=O) groups excluding carboxylic acids is 1. The van der Waals surface area contributed by atoms with Crippen LogP contribution in [0.5, 0.6) is 0 Å². The first-order valence-electron chi connectivity index (χ1n) is 9.14. The van der Waals surface area contributed by atoms with Crippen LogP contribution in [0.3, 0.4) is 0 Å². The highest BCUT2D eigenvalue weighted by Gasteiger charge is 2.33. The van der Waals surface area contributed by atoms with E-state index in [1.807, 2.05) is 0 Å². The van der Waals surface area contributed by atoms with E-state index in [4.69, 9.17) is 5.73 Å². The highest BCUT2D eigenvalue weighted by Crippen LogP contribution is 2.24. The van der Waals surface area contributed by atoms with Crippen molar-refractivity contribution in [2.45, 2.75) is 50.0 Å². The number of nitrogens with zero attached hydrogens (tertiary/aromatic N) is 1. The number of piperidine rings is 1. The number of nitrogens with one attached hydrogen (secondary N) is 1. The van der Waals surface area contributed by atoms with Crippen molar-refractivity contribution in [1.82, 2.24) is 9.62 Å². The van der Waals surface area contributed by atoms with Gasteiger partial charge in [0.05, 0.1) is 10.8 Å². The Labute approximate surface area is 167 Å². The minimum Gasteiger partial charge on any atom is -0.352 e. The van der Waals surface area contributed by atoms with Gasteiger partial charge in [-0.3, -0.25) is 4.79 Å². The minimum atomic E-state index is -3.73. The van der Waals surface area contributed by atoms with Crippen molar-refractivity contribution in [2.24, 2.45) is 11.7 Å². The van der Waals surface area contributed by atoms with E-state index in [1.165, 1.54) is 16.4 Å². The molecule has 1 amide bonds. The van der Waals surface area contributed by atoms with E-state index in [9.17, 15) is 17.6 Å². The molecule has 1 aliphatic heterocycles. The number of nitrogens with two attached hydrogens (primary N) is 1. The zero-order chi connectivity index (χ0) is 19.2. The zero-order valence-electron chi connectivity index (χ0n) is 15.6. The highest BCUT2D eigenvalue weighted by molar-refractivity contribution is 7.89. The fourth-order valence-electron chi connectivity index (χ4n) is 3.15. The predicted molar refractivity (Wildman–Crippen MR) is 106 cm³/mol. The lowest BCUT2D eigenvalue weighted by Crippen LogP contribution is -2.49. The van der Waals surface area contributed by atoms with E-state index in [2.05, 4.69) is 12.2 Å². The Hall–Kier alpha value is -1.22. The van der Waals surface area contributed by atoms with Gasteiger partial charge < -0.3 is 11.1 Å². The third-order valence-electron chi connectivity index (χ3n) is 4.74. The molecule has 1 aliphatic rings. The predicted octanol–water partition coefficient (Wildman–Crippen LogP) is 2.28. The van der Waals surface area contributed by atoms with Gasteiger partial charge in [-0.1, -0.05) is 19.8 Å². The smallest absolute Gasteiger partial charge is 0.243 e. The number of hydrogen-bond acceptors (Lipinski definition) is 4. The van der Waals surface area contributed by atoms with Gasteiger partial charge in [-0.15, -0.1) is 12.4 Å². The quantitative estimate of drug-likeness (QED) is 0.673. The standard InChI is InChI=1S/C18H28FN3O3S.ClH/c1-2-3-6-16(12-20)21-18(23)14-5-4-11-22(13-14)26(24,25)17-9-7-15(19)8-10-17;/h7-10,14,16H,2-6,11-13,20H2,1H3,(H,21,23);1H. The first-order chi connectivity index (χ1) is 12.4. The van der Waals surface area contributed by atoms with Gasteiger partial charge in [0.15, 0.2) is 0 Å². The Morgan fingerprint density at radius 2 is 2.04 bits per heavy atom. The average molecular weight is 422 g/mol. The summed E-state index contributed by atoms with van der Waals surface area (Å²) in [6.07, 6.45) is 4.09. The molecule has 27 heavy (non-hydrogen) atoms. The van der Waals surface area contributed by atoms with Gasteiger partial charge in [0, 0.05) is 25.7 Å². The van der Waals surface area contributed by atoms with E-state index in [0.29, 0.717) is 25.9 Å². The van der Waals surface area contributed by atoms with Crippen LogP contribution in [0, 0.1) is 11.7 Å². The van der Waals surface area contributed by atoms with Crippen molar-refractivity contribution in [3.63, 3.8) is 0 Å². The van der Waals surface area contributed by atoms with Gasteiger partial charge in [-0.25, -0.2) is 12.8 Å². The maximum atomic E-state index is 13.1. The number of unbranched alkanes of at least 4 members (excludes halogenated alkanes) is 1. The van der Waals surface area contributed by atoms with Crippen molar-refractivity contribution in [2.75, 3.05) is 19.6 Å². The Bertz CT molecular complexity index is 700. The lowest BCUT2D eigenvalue weighted by Gasteiger charge is -2.32. The molecule has 9 heteroatoms. The zero-order valence-corrected chi connectivity index (χ0v) is 17.2. The van der Waals surface area contributed by atoms with Crippen LogP contribution >= 0.6 is 12.4 Å². The second-order valence-corrected chi connectivity index (χ2v) is 8.68. The summed E-state index contributed by atoms with van der Waals surface area (Å²) < 4.78 is 39.9. The van der Waals surface area contributed by atoms with Gasteiger partial charge in [0.1, 0.15) is 5.82 Å². The molecule has 154 valence electrons. The summed E-state index contributed by atoms with van der Waals surface area (Å²) in [5.74, 6) is -1.02. The second-order valence-electron chi connectivity index (χ2n) is 6.74. The van der Waals surface area contributed by atoms with Crippen LogP contribution in [0.25, 0.3) is 0 Å². The van der Waals surface area contributed by atoms with Gasteiger partial charge >= 0.3 is 0 Å². The molecule has 2 unspecified atom stereocenters. The molecule has 0 radical (unpaired) electrons. The van der Waals surface area contributed by atoms with Crippen LogP contribution in [0.15, 0.2) is 29.2 Å². The molecule has 0 aromatic heterocycles. The highest BCUT2D eigenvalue weighted by atomic mass is 35.5. The molecule has 2 rings (SSSR count). The summed E-state index contributed by atoms with van der Waals surface area (Å²) >= 11 is 0. The number of sulfonamides is 1. The number of rotatable bonds is 8. The van der Waals surface area contributed by atoms with Crippen molar-refractivity contribution < 1.29 is 17.6 Å². The number of halogens is 2. The molecule has 2 atom stereocenters. The first-order valence-corrected chi connectivity index (χ1v) is 10.6. The van der Waals surface area contributed by atoms with E-state index < -0.39 is 21.8 Å². The summed E-state index contributed by atoms with van der Waals surface area (Å²) in [6, 6.07) is 4.68. The first kappa shape index (κ1) is 23.8. The minimum absolute atomic E-state index is 0. The Morgan fingerprint density at radius 1 is 1.37 bits per heavy atom. The third kappa shape index (κ3) is 6.41. The molecular weight excluding hydrogens is 393 g/mol. The fraction of sp³-hybridized carbons (Fsp3) is 0.611. The summed E-state index contributed by atoms with van der Waals surface area (Å²) in [6.45, 7) is 2.95. The molecule has 1 aromatic carbocycles. The Morgan fingerprint density at radius 3 is 2.63 bits per heavy atom. The van der Waals surface area contributed by atoms with Crippen LogP contribution in [0.2, 0.25) is 0 Å².